The molecule has 0 atom stereocenters. The van der Waals surface area contributed by atoms with Gasteiger partial charge in [0.25, 0.3) is 0 Å². The number of aromatic nitrogens is 2. The van der Waals surface area contributed by atoms with Gasteiger partial charge in [0.2, 0.25) is 0 Å². The van der Waals surface area contributed by atoms with Gasteiger partial charge in [0.1, 0.15) is 16.8 Å². The first-order valence-corrected chi connectivity index (χ1v) is 6.93. The zero-order valence-electron chi connectivity index (χ0n) is 11.8. The van der Waals surface area contributed by atoms with E-state index in [1.54, 1.807) is 0 Å². The number of aryl methyl sites for hydroxylation is 1. The minimum atomic E-state index is 0.533. The fourth-order valence-electron chi connectivity index (χ4n) is 1.84. The number of rotatable bonds is 7. The van der Waals surface area contributed by atoms with Crippen molar-refractivity contribution < 1.29 is 0 Å². The van der Waals surface area contributed by atoms with Crippen LogP contribution in [0, 0.1) is 13.8 Å². The van der Waals surface area contributed by atoms with E-state index in [1.165, 1.54) is 6.42 Å². The van der Waals surface area contributed by atoms with Crippen LogP contribution in [0.1, 0.15) is 31.7 Å². The van der Waals surface area contributed by atoms with Gasteiger partial charge in [0.15, 0.2) is 0 Å². The van der Waals surface area contributed by atoms with E-state index in [0.717, 1.165) is 37.6 Å². The van der Waals surface area contributed by atoms with Crippen molar-refractivity contribution in [2.45, 2.75) is 34.1 Å². The third-order valence-corrected chi connectivity index (χ3v) is 3.27. The summed E-state index contributed by atoms with van der Waals surface area (Å²) in [6, 6.07) is 0. The van der Waals surface area contributed by atoms with Crippen LogP contribution in [0.4, 0.5) is 5.82 Å². The molecule has 0 saturated heterocycles. The van der Waals surface area contributed by atoms with Crippen LogP contribution < -0.4 is 5.32 Å². The number of hydrogen-bond donors (Lipinski definition) is 1. The second-order valence-electron chi connectivity index (χ2n) is 4.40. The SMILES string of the molecule is CCCN(CC)CCNc1nc(C)nc(Cl)c1C. The molecule has 0 aliphatic carbocycles. The fraction of sp³-hybridized carbons (Fsp3) is 0.692. The minimum Gasteiger partial charge on any atom is -0.368 e. The second kappa shape index (κ2) is 7.54. The molecule has 0 saturated carbocycles. The Bertz CT molecular complexity index is 381. The lowest BCUT2D eigenvalue weighted by Gasteiger charge is -2.20. The van der Waals surface area contributed by atoms with Crippen molar-refractivity contribution in [3.8, 4) is 0 Å². The predicted octanol–water partition coefficient (Wildman–Crippen LogP) is 2.89. The Morgan fingerprint density at radius 1 is 1.17 bits per heavy atom. The standard InChI is InChI=1S/C13H23ClN4/c1-5-8-18(6-2)9-7-15-13-10(3)12(14)16-11(4)17-13/h5-9H2,1-4H3,(H,15,16,17). The molecule has 18 heavy (non-hydrogen) atoms. The molecule has 0 amide bonds. The molecule has 5 heteroatoms. The van der Waals surface area contributed by atoms with Crippen molar-refractivity contribution >= 4 is 17.4 Å². The summed E-state index contributed by atoms with van der Waals surface area (Å²) in [5.41, 5.74) is 0.917. The highest BCUT2D eigenvalue weighted by Gasteiger charge is 2.07. The molecule has 1 aromatic rings. The highest BCUT2D eigenvalue weighted by molar-refractivity contribution is 6.30. The minimum absolute atomic E-state index is 0.533. The summed E-state index contributed by atoms with van der Waals surface area (Å²) in [7, 11) is 0. The molecule has 102 valence electrons. The predicted molar refractivity (Wildman–Crippen MR) is 77.4 cm³/mol. The quantitative estimate of drug-likeness (QED) is 0.774. The fourth-order valence-corrected chi connectivity index (χ4v) is 2.05. The average Bonchev–Trinajstić information content (AvgIpc) is 2.33. The van der Waals surface area contributed by atoms with Gasteiger partial charge in [-0.2, -0.15) is 0 Å². The molecule has 0 unspecified atom stereocenters. The third-order valence-electron chi connectivity index (χ3n) is 2.91. The molecule has 0 bridgehead atoms. The van der Waals surface area contributed by atoms with Gasteiger partial charge in [-0.3, -0.25) is 0 Å². The number of anilines is 1. The lowest BCUT2D eigenvalue weighted by atomic mass is 10.3. The monoisotopic (exact) mass is 270 g/mol. The van der Waals surface area contributed by atoms with Crippen molar-refractivity contribution in [1.29, 1.82) is 0 Å². The van der Waals surface area contributed by atoms with E-state index in [9.17, 15) is 0 Å². The Hall–Kier alpha value is -0.870. The Morgan fingerprint density at radius 2 is 1.89 bits per heavy atom. The van der Waals surface area contributed by atoms with Crippen molar-refractivity contribution in [3.63, 3.8) is 0 Å². The first-order chi connectivity index (χ1) is 8.58. The van der Waals surface area contributed by atoms with Crippen LogP contribution in [0.3, 0.4) is 0 Å². The maximum absolute atomic E-state index is 6.04. The van der Waals surface area contributed by atoms with E-state index in [-0.39, 0.29) is 0 Å². The first-order valence-electron chi connectivity index (χ1n) is 6.55. The van der Waals surface area contributed by atoms with E-state index in [4.69, 9.17) is 11.6 Å². The van der Waals surface area contributed by atoms with E-state index >= 15 is 0 Å². The van der Waals surface area contributed by atoms with Crippen LogP contribution in [0.2, 0.25) is 5.15 Å². The van der Waals surface area contributed by atoms with Gasteiger partial charge >= 0.3 is 0 Å². The van der Waals surface area contributed by atoms with Gasteiger partial charge in [0, 0.05) is 18.7 Å². The highest BCUT2D eigenvalue weighted by Crippen LogP contribution is 2.19. The number of nitrogens with one attached hydrogen (secondary N) is 1. The number of halogens is 1. The van der Waals surface area contributed by atoms with Crippen LogP contribution in [0.25, 0.3) is 0 Å². The Balaban J connectivity index is 2.53. The van der Waals surface area contributed by atoms with Crippen molar-refractivity contribution in [2.24, 2.45) is 0 Å². The normalized spacial score (nSPS) is 11.0. The molecule has 1 heterocycles. The molecule has 0 spiro atoms. The zero-order valence-corrected chi connectivity index (χ0v) is 12.5. The van der Waals surface area contributed by atoms with Crippen molar-refractivity contribution in [1.82, 2.24) is 14.9 Å². The lowest BCUT2D eigenvalue weighted by molar-refractivity contribution is 0.300. The van der Waals surface area contributed by atoms with Gasteiger partial charge < -0.3 is 10.2 Å². The van der Waals surface area contributed by atoms with Gasteiger partial charge in [-0.15, -0.1) is 0 Å². The maximum Gasteiger partial charge on any atom is 0.137 e. The molecule has 0 fully saturated rings. The van der Waals surface area contributed by atoms with Gasteiger partial charge in [-0.1, -0.05) is 25.4 Å². The summed E-state index contributed by atoms with van der Waals surface area (Å²) in [5.74, 6) is 1.55. The largest absolute Gasteiger partial charge is 0.368 e. The van der Waals surface area contributed by atoms with E-state index in [1.807, 2.05) is 13.8 Å². The van der Waals surface area contributed by atoms with Crippen molar-refractivity contribution in [3.05, 3.63) is 16.5 Å². The summed E-state index contributed by atoms with van der Waals surface area (Å²) in [6.07, 6.45) is 1.19. The highest BCUT2D eigenvalue weighted by atomic mass is 35.5. The summed E-state index contributed by atoms with van der Waals surface area (Å²) in [6.45, 7) is 12.3. The molecule has 0 aliphatic heterocycles. The third kappa shape index (κ3) is 4.42. The zero-order chi connectivity index (χ0) is 13.5. The maximum atomic E-state index is 6.04. The molecule has 1 N–H and O–H groups in total. The lowest BCUT2D eigenvalue weighted by Crippen LogP contribution is -2.30. The average molecular weight is 271 g/mol. The van der Waals surface area contributed by atoms with E-state index in [2.05, 4.69) is 34.0 Å². The smallest absolute Gasteiger partial charge is 0.137 e. The number of hydrogen-bond acceptors (Lipinski definition) is 4. The van der Waals surface area contributed by atoms with E-state index in [0.29, 0.717) is 11.0 Å². The van der Waals surface area contributed by atoms with Crippen molar-refractivity contribution in [2.75, 3.05) is 31.5 Å². The Kier molecular flexibility index (Phi) is 6.36. The summed E-state index contributed by atoms with van der Waals surface area (Å²) < 4.78 is 0. The molecule has 0 aromatic carbocycles. The first kappa shape index (κ1) is 15.2. The molecule has 1 rings (SSSR count). The van der Waals surface area contributed by atoms with Crippen LogP contribution in [0.15, 0.2) is 0 Å². The molecule has 0 radical (unpaired) electrons. The van der Waals surface area contributed by atoms with Crippen LogP contribution in [-0.4, -0.2) is 41.0 Å². The molecule has 4 nitrogen and oxygen atoms in total. The second-order valence-corrected chi connectivity index (χ2v) is 4.75. The van der Waals surface area contributed by atoms with Gasteiger partial charge in [0.05, 0.1) is 0 Å². The van der Waals surface area contributed by atoms with Crippen LogP contribution in [0.5, 0.6) is 0 Å². The Labute approximate surface area is 115 Å². The molecule has 0 aliphatic rings. The van der Waals surface area contributed by atoms with Crippen LogP contribution in [-0.2, 0) is 0 Å². The molecule has 1 aromatic heterocycles. The summed E-state index contributed by atoms with van der Waals surface area (Å²) >= 11 is 6.04. The number of nitrogens with zero attached hydrogens (tertiary/aromatic N) is 3. The van der Waals surface area contributed by atoms with E-state index < -0.39 is 0 Å². The van der Waals surface area contributed by atoms with Crippen LogP contribution >= 0.6 is 11.6 Å². The molecular weight excluding hydrogens is 248 g/mol. The summed E-state index contributed by atoms with van der Waals surface area (Å²) in [5, 5.41) is 3.87. The molecular formula is C13H23ClN4. The topological polar surface area (TPSA) is 41.0 Å². The Morgan fingerprint density at radius 3 is 2.50 bits per heavy atom. The van der Waals surface area contributed by atoms with Gasteiger partial charge in [-0.25, -0.2) is 9.97 Å². The number of likely N-dealkylation sites (N-methyl/N-ethyl adjacent to an activating group) is 1. The van der Waals surface area contributed by atoms with Gasteiger partial charge in [-0.05, 0) is 33.4 Å². The summed E-state index contributed by atoms with van der Waals surface area (Å²) in [4.78, 5) is 10.9.